The zero-order valence-corrected chi connectivity index (χ0v) is 16.5. The van der Waals surface area contributed by atoms with Crippen LogP contribution in [0.25, 0.3) is 10.9 Å². The second-order valence-electron chi connectivity index (χ2n) is 7.39. The second kappa shape index (κ2) is 7.37. The number of rotatable bonds is 5. The standard InChI is InChI=1S/C20H20F2N2O4S/c1-28-20-16(19(25)23-13-5-6-29(26,27)10-13)8-12-7-15(18(21)22)14(9-17(12)24-20)11-3-2-4-11/h5-9,11,13,18H,2-4,10H2,1H3,(H,23,25)/t13-/m1/s1. The second-order valence-corrected chi connectivity index (χ2v) is 9.32. The number of aromatic nitrogens is 1. The molecule has 2 aliphatic rings. The molecule has 2 heterocycles. The third-order valence-electron chi connectivity index (χ3n) is 5.45. The predicted molar refractivity (Wildman–Crippen MR) is 104 cm³/mol. The topological polar surface area (TPSA) is 85.4 Å². The highest BCUT2D eigenvalue weighted by atomic mass is 32.2. The molecule has 0 bridgehead atoms. The molecule has 2 aromatic rings. The zero-order chi connectivity index (χ0) is 20.8. The lowest BCUT2D eigenvalue weighted by Gasteiger charge is -2.28. The number of hydrogen-bond donors (Lipinski definition) is 1. The van der Waals surface area contributed by atoms with E-state index in [0.717, 1.165) is 24.7 Å². The first-order valence-electron chi connectivity index (χ1n) is 9.30. The molecule has 1 aromatic carbocycles. The Morgan fingerprint density at radius 2 is 2.03 bits per heavy atom. The van der Waals surface area contributed by atoms with Gasteiger partial charge in [-0.25, -0.2) is 22.2 Å². The van der Waals surface area contributed by atoms with Gasteiger partial charge >= 0.3 is 0 Å². The van der Waals surface area contributed by atoms with Crippen molar-refractivity contribution in [1.82, 2.24) is 10.3 Å². The summed E-state index contributed by atoms with van der Waals surface area (Å²) < 4.78 is 55.6. The van der Waals surface area contributed by atoms with Crippen LogP contribution in [0.1, 0.15) is 53.1 Å². The van der Waals surface area contributed by atoms with Crippen molar-refractivity contribution < 1.29 is 26.7 Å². The summed E-state index contributed by atoms with van der Waals surface area (Å²) >= 11 is 0. The van der Waals surface area contributed by atoms with Gasteiger partial charge in [0.25, 0.3) is 12.3 Å². The van der Waals surface area contributed by atoms with Crippen LogP contribution in [0.5, 0.6) is 5.88 Å². The number of hydrogen-bond acceptors (Lipinski definition) is 5. The maximum absolute atomic E-state index is 13.6. The normalized spacial score (nSPS) is 20.8. The van der Waals surface area contributed by atoms with Crippen LogP contribution >= 0.6 is 0 Å². The molecular weight excluding hydrogens is 402 g/mol. The zero-order valence-electron chi connectivity index (χ0n) is 15.7. The monoisotopic (exact) mass is 422 g/mol. The van der Waals surface area contributed by atoms with E-state index in [2.05, 4.69) is 10.3 Å². The molecule has 154 valence electrons. The lowest BCUT2D eigenvalue weighted by molar-refractivity contribution is 0.0944. The summed E-state index contributed by atoms with van der Waals surface area (Å²) in [5.74, 6) is -0.633. The van der Waals surface area contributed by atoms with Crippen molar-refractivity contribution in [2.24, 2.45) is 0 Å². The number of ether oxygens (including phenoxy) is 1. The van der Waals surface area contributed by atoms with Gasteiger partial charge < -0.3 is 10.1 Å². The van der Waals surface area contributed by atoms with Gasteiger partial charge in [-0.05, 0) is 48.6 Å². The van der Waals surface area contributed by atoms with E-state index in [9.17, 15) is 22.0 Å². The number of nitrogens with zero attached hydrogens (tertiary/aromatic N) is 1. The summed E-state index contributed by atoms with van der Waals surface area (Å²) in [6.07, 6.45) is 1.55. The Hall–Kier alpha value is -2.55. The van der Waals surface area contributed by atoms with E-state index in [1.807, 2.05) is 0 Å². The average molecular weight is 422 g/mol. The van der Waals surface area contributed by atoms with Gasteiger partial charge in [0.05, 0.1) is 24.4 Å². The minimum Gasteiger partial charge on any atom is -0.480 e. The first-order chi connectivity index (χ1) is 13.8. The Labute approximate surface area is 166 Å². The molecular formula is C20H20F2N2O4S. The number of nitrogens with one attached hydrogen (secondary N) is 1. The number of amides is 1. The SMILES string of the molecule is COc1nc2cc(C3CCC3)c(C(F)F)cc2cc1C(=O)N[C@@H]1C=CS(=O)(=O)C1. The molecule has 0 radical (unpaired) electrons. The van der Waals surface area contributed by atoms with Crippen LogP contribution in [0.4, 0.5) is 8.78 Å². The van der Waals surface area contributed by atoms with E-state index in [1.54, 1.807) is 6.07 Å². The van der Waals surface area contributed by atoms with Crippen LogP contribution < -0.4 is 10.1 Å². The molecule has 9 heteroatoms. The van der Waals surface area contributed by atoms with Crippen molar-refractivity contribution in [1.29, 1.82) is 0 Å². The summed E-state index contributed by atoms with van der Waals surface area (Å²) in [4.78, 5) is 17.0. The lowest BCUT2D eigenvalue weighted by atomic mass is 9.78. The summed E-state index contributed by atoms with van der Waals surface area (Å²) in [6.45, 7) is 0. The van der Waals surface area contributed by atoms with E-state index >= 15 is 0 Å². The van der Waals surface area contributed by atoms with E-state index in [0.29, 0.717) is 16.5 Å². The molecule has 1 saturated carbocycles. The lowest BCUT2D eigenvalue weighted by Crippen LogP contribution is -2.35. The van der Waals surface area contributed by atoms with Crippen molar-refractivity contribution in [3.63, 3.8) is 0 Å². The molecule has 1 fully saturated rings. The molecule has 6 nitrogen and oxygen atoms in total. The number of halogens is 2. The van der Waals surface area contributed by atoms with E-state index in [-0.39, 0.29) is 28.7 Å². The van der Waals surface area contributed by atoms with E-state index in [1.165, 1.54) is 25.3 Å². The molecule has 0 spiro atoms. The molecule has 1 aliphatic heterocycles. The van der Waals surface area contributed by atoms with Crippen LogP contribution in [-0.4, -0.2) is 38.2 Å². The van der Waals surface area contributed by atoms with Crippen LogP contribution in [0.2, 0.25) is 0 Å². The predicted octanol–water partition coefficient (Wildman–Crippen LogP) is 3.49. The van der Waals surface area contributed by atoms with Gasteiger partial charge in [-0.15, -0.1) is 0 Å². The Bertz CT molecular complexity index is 1110. The van der Waals surface area contributed by atoms with Crippen LogP contribution in [0.3, 0.4) is 0 Å². The van der Waals surface area contributed by atoms with Crippen LogP contribution in [0, 0.1) is 0 Å². The third kappa shape index (κ3) is 3.83. The van der Waals surface area contributed by atoms with E-state index < -0.39 is 28.2 Å². The molecule has 1 aromatic heterocycles. The third-order valence-corrected chi connectivity index (χ3v) is 6.84. The van der Waals surface area contributed by atoms with Gasteiger partial charge in [-0.2, -0.15) is 0 Å². The van der Waals surface area contributed by atoms with E-state index in [4.69, 9.17) is 4.74 Å². The number of sulfone groups is 1. The maximum atomic E-state index is 13.6. The first-order valence-corrected chi connectivity index (χ1v) is 11.0. The Balaban J connectivity index is 1.72. The minimum absolute atomic E-state index is 0.0367. The highest BCUT2D eigenvalue weighted by Gasteiger charge is 2.28. The maximum Gasteiger partial charge on any atom is 0.264 e. The number of methoxy groups -OCH3 is 1. The average Bonchev–Trinajstić information content (AvgIpc) is 2.96. The molecule has 4 rings (SSSR count). The fourth-order valence-electron chi connectivity index (χ4n) is 3.73. The van der Waals surface area contributed by atoms with Crippen LogP contribution in [-0.2, 0) is 9.84 Å². The van der Waals surface area contributed by atoms with Gasteiger partial charge in [-0.1, -0.05) is 6.42 Å². The van der Waals surface area contributed by atoms with Gasteiger partial charge in [0.1, 0.15) is 5.56 Å². The number of pyridine rings is 1. The molecule has 1 amide bonds. The molecule has 1 N–H and O–H groups in total. The van der Waals surface area contributed by atoms with Crippen molar-refractivity contribution >= 4 is 26.6 Å². The van der Waals surface area contributed by atoms with Crippen molar-refractivity contribution in [2.75, 3.05) is 12.9 Å². The number of carbonyl (C=O) groups is 1. The number of fused-ring (bicyclic) bond motifs is 1. The minimum atomic E-state index is -3.32. The fourth-order valence-corrected chi connectivity index (χ4v) is 4.97. The summed E-state index contributed by atoms with van der Waals surface area (Å²) in [5, 5.41) is 4.07. The Morgan fingerprint density at radius 1 is 1.28 bits per heavy atom. The smallest absolute Gasteiger partial charge is 0.264 e. The Morgan fingerprint density at radius 3 is 2.59 bits per heavy atom. The van der Waals surface area contributed by atoms with Crippen molar-refractivity contribution in [2.45, 2.75) is 37.6 Å². The fraction of sp³-hybridized carbons (Fsp3) is 0.400. The number of benzene rings is 1. The largest absolute Gasteiger partial charge is 0.480 e. The quantitative estimate of drug-likeness (QED) is 0.797. The number of carbonyl (C=O) groups excluding carboxylic acids is 1. The summed E-state index contributed by atoms with van der Waals surface area (Å²) in [6, 6.07) is 3.85. The van der Waals surface area contributed by atoms with Crippen molar-refractivity contribution in [3.05, 3.63) is 46.4 Å². The van der Waals surface area contributed by atoms with Gasteiger partial charge in [0, 0.05) is 16.4 Å². The highest BCUT2D eigenvalue weighted by Crippen LogP contribution is 2.42. The Kier molecular flexibility index (Phi) is 5.02. The molecule has 29 heavy (non-hydrogen) atoms. The molecule has 1 atom stereocenters. The summed E-state index contributed by atoms with van der Waals surface area (Å²) in [5.41, 5.74) is 1.11. The van der Waals surface area contributed by atoms with Crippen molar-refractivity contribution in [3.8, 4) is 5.88 Å². The molecule has 0 unspecified atom stereocenters. The molecule has 1 aliphatic carbocycles. The van der Waals surface area contributed by atoms with Gasteiger partial charge in [0.15, 0.2) is 9.84 Å². The summed E-state index contributed by atoms with van der Waals surface area (Å²) in [7, 11) is -1.96. The van der Waals surface area contributed by atoms with Gasteiger partial charge in [-0.3, -0.25) is 4.79 Å². The number of alkyl halides is 2. The first kappa shape index (κ1) is 19.8. The molecule has 0 saturated heterocycles. The van der Waals surface area contributed by atoms with Crippen LogP contribution in [0.15, 0.2) is 29.7 Å². The van der Waals surface area contributed by atoms with Gasteiger partial charge in [0.2, 0.25) is 5.88 Å². The highest BCUT2D eigenvalue weighted by molar-refractivity contribution is 7.94.